The molecule has 2 aliphatic rings. The molecule has 0 saturated carbocycles. The molecule has 2 aromatic carbocycles. The number of amides is 2. The molecule has 244 valence electrons. The van der Waals surface area contributed by atoms with Crippen LogP contribution in [0.5, 0.6) is 0 Å². The Labute approximate surface area is 279 Å². The molecule has 1 fully saturated rings. The lowest BCUT2D eigenvalue weighted by Crippen LogP contribution is -2.46. The average molecular weight is 651 g/mol. The summed E-state index contributed by atoms with van der Waals surface area (Å²) in [5, 5.41) is 9.39. The van der Waals surface area contributed by atoms with Crippen molar-refractivity contribution < 1.29 is 9.59 Å². The molecule has 3 N–H and O–H groups in total. The maximum absolute atomic E-state index is 13.3. The molecule has 2 amide bonds. The number of rotatable bonds is 9. The normalized spacial score (nSPS) is 14.7. The number of carbonyl (C=O) groups excluding carboxylic acids is 2. The fourth-order valence-corrected chi connectivity index (χ4v) is 7.60. The first-order chi connectivity index (χ1) is 22.7. The molecule has 0 unspecified atom stereocenters. The van der Waals surface area contributed by atoms with E-state index in [-0.39, 0.29) is 17.4 Å². The van der Waals surface area contributed by atoms with Crippen LogP contribution in [-0.2, 0) is 24.7 Å². The Morgan fingerprint density at radius 2 is 1.74 bits per heavy atom. The predicted molar refractivity (Wildman–Crippen MR) is 194 cm³/mol. The molecule has 3 heterocycles. The first-order valence-corrected chi connectivity index (χ1v) is 17.1. The third kappa shape index (κ3) is 7.03. The third-order valence-electron chi connectivity index (χ3n) is 9.18. The van der Waals surface area contributed by atoms with Crippen molar-refractivity contribution in [3.8, 4) is 11.1 Å². The lowest BCUT2D eigenvalue weighted by atomic mass is 9.99. The van der Waals surface area contributed by atoms with Gasteiger partial charge in [-0.3, -0.25) is 14.4 Å². The summed E-state index contributed by atoms with van der Waals surface area (Å²) in [7, 11) is 1.73. The number of likely N-dealkylation sites (N-methyl/N-ethyl adjacent to an activating group) is 1. The van der Waals surface area contributed by atoms with Crippen molar-refractivity contribution in [2.24, 2.45) is 7.05 Å². The lowest BCUT2D eigenvalue weighted by Gasteiger charge is -2.36. The van der Waals surface area contributed by atoms with Gasteiger partial charge in [0.2, 0.25) is 5.91 Å². The van der Waals surface area contributed by atoms with Crippen LogP contribution in [-0.4, -0.2) is 54.0 Å². The standard InChI is InChI=1S/C37H42N6O3S/c1-5-35(44)39-30-22-27(14-15-32(30)43-18-16-42(6-2)17-19-43)38-31-20-26(23-41(4)37(31)46)28-11-9-12-29(24(28)3)40-36(45)34-21-25-10-7-8-13-33(25)47-34/h5,9,11-12,14-15,20-23,38H,1,6-8,10,13,16-19H2,2-4H3,(H,39,44)(H,40,45). The average Bonchev–Trinajstić information content (AvgIpc) is 3.53. The van der Waals surface area contributed by atoms with Crippen molar-refractivity contribution in [2.45, 2.75) is 39.5 Å². The highest BCUT2D eigenvalue weighted by molar-refractivity contribution is 7.14. The van der Waals surface area contributed by atoms with Crippen LogP contribution in [0.4, 0.5) is 28.4 Å². The van der Waals surface area contributed by atoms with Gasteiger partial charge in [0.15, 0.2) is 0 Å². The lowest BCUT2D eigenvalue weighted by molar-refractivity contribution is -0.111. The minimum atomic E-state index is -0.297. The van der Waals surface area contributed by atoms with Crippen molar-refractivity contribution in [1.82, 2.24) is 9.47 Å². The van der Waals surface area contributed by atoms with Crippen LogP contribution in [0, 0.1) is 6.92 Å². The molecule has 0 bridgehead atoms. The van der Waals surface area contributed by atoms with E-state index in [2.05, 4.69) is 39.3 Å². The van der Waals surface area contributed by atoms with Gasteiger partial charge in [-0.15, -0.1) is 11.3 Å². The predicted octanol–water partition coefficient (Wildman–Crippen LogP) is 6.56. The van der Waals surface area contributed by atoms with Crippen molar-refractivity contribution >= 4 is 51.6 Å². The quantitative estimate of drug-likeness (QED) is 0.178. The molecule has 47 heavy (non-hydrogen) atoms. The molecule has 0 spiro atoms. The number of aromatic nitrogens is 1. The molecule has 10 heteroatoms. The first kappa shape index (κ1) is 32.3. The van der Waals surface area contributed by atoms with Crippen molar-refractivity contribution in [1.29, 1.82) is 0 Å². The zero-order valence-corrected chi connectivity index (χ0v) is 28.1. The Bertz CT molecular complexity index is 1860. The summed E-state index contributed by atoms with van der Waals surface area (Å²) in [6.45, 7) is 12.4. The van der Waals surface area contributed by atoms with Crippen LogP contribution in [0.3, 0.4) is 0 Å². The zero-order valence-electron chi connectivity index (χ0n) is 27.3. The van der Waals surface area contributed by atoms with Crippen LogP contribution >= 0.6 is 11.3 Å². The number of fused-ring (bicyclic) bond motifs is 1. The monoisotopic (exact) mass is 650 g/mol. The van der Waals surface area contributed by atoms with Gasteiger partial charge in [0.25, 0.3) is 11.5 Å². The highest BCUT2D eigenvalue weighted by atomic mass is 32.1. The minimum absolute atomic E-state index is 0.0949. The molecule has 2 aromatic heterocycles. The Hall–Kier alpha value is -4.67. The highest BCUT2D eigenvalue weighted by Crippen LogP contribution is 2.34. The van der Waals surface area contributed by atoms with Gasteiger partial charge in [0.05, 0.1) is 16.3 Å². The molecular formula is C37H42N6O3S. The minimum Gasteiger partial charge on any atom is -0.367 e. The van der Waals surface area contributed by atoms with Crippen LogP contribution in [0.2, 0.25) is 0 Å². The number of pyridine rings is 1. The maximum atomic E-state index is 13.3. The summed E-state index contributed by atoms with van der Waals surface area (Å²) in [4.78, 5) is 45.7. The van der Waals surface area contributed by atoms with E-state index >= 15 is 0 Å². The Balaban J connectivity index is 1.26. The van der Waals surface area contributed by atoms with Gasteiger partial charge in [0.1, 0.15) is 5.69 Å². The van der Waals surface area contributed by atoms with Crippen molar-refractivity contribution in [3.05, 3.63) is 98.6 Å². The topological polar surface area (TPSA) is 98.7 Å². The second-order valence-electron chi connectivity index (χ2n) is 12.2. The van der Waals surface area contributed by atoms with Gasteiger partial charge >= 0.3 is 0 Å². The second kappa shape index (κ2) is 14.0. The number of nitrogens with one attached hydrogen (secondary N) is 3. The number of hydrogen-bond donors (Lipinski definition) is 3. The summed E-state index contributed by atoms with van der Waals surface area (Å²) in [6, 6.07) is 15.5. The summed E-state index contributed by atoms with van der Waals surface area (Å²) in [5.41, 5.74) is 7.17. The van der Waals surface area contributed by atoms with Gasteiger partial charge in [0, 0.05) is 61.2 Å². The summed E-state index contributed by atoms with van der Waals surface area (Å²) < 4.78 is 1.56. The number of nitrogens with zero attached hydrogens (tertiary/aromatic N) is 3. The largest absolute Gasteiger partial charge is 0.367 e. The molecule has 4 aromatic rings. The van der Waals surface area contributed by atoms with E-state index in [1.807, 2.05) is 61.7 Å². The van der Waals surface area contributed by atoms with Crippen molar-refractivity contribution in [2.75, 3.05) is 53.6 Å². The molecule has 0 atom stereocenters. The molecule has 6 rings (SSSR count). The summed E-state index contributed by atoms with van der Waals surface area (Å²) >= 11 is 1.60. The number of piperazine rings is 1. The van der Waals surface area contributed by atoms with E-state index in [1.165, 1.54) is 29.4 Å². The molecule has 1 aliphatic heterocycles. The van der Waals surface area contributed by atoms with Crippen LogP contribution in [0.25, 0.3) is 11.1 Å². The number of aryl methyl sites for hydroxylation is 3. The SMILES string of the molecule is C=CC(=O)Nc1cc(Nc2cc(-c3cccc(NC(=O)c4cc5c(s4)CCCC5)c3C)cn(C)c2=O)ccc1N1CCN(CC)CC1. The van der Waals surface area contributed by atoms with E-state index in [4.69, 9.17) is 0 Å². The van der Waals surface area contributed by atoms with E-state index in [9.17, 15) is 14.4 Å². The van der Waals surface area contributed by atoms with Gasteiger partial charge in [-0.05, 0) is 98.3 Å². The van der Waals surface area contributed by atoms with E-state index in [0.717, 1.165) is 78.5 Å². The number of thiophene rings is 1. The molecule has 1 saturated heterocycles. The third-order valence-corrected chi connectivity index (χ3v) is 10.4. The number of anilines is 5. The van der Waals surface area contributed by atoms with Gasteiger partial charge < -0.3 is 30.3 Å². The van der Waals surface area contributed by atoms with Crippen molar-refractivity contribution in [3.63, 3.8) is 0 Å². The van der Waals surface area contributed by atoms with E-state index < -0.39 is 0 Å². The van der Waals surface area contributed by atoms with Crippen LogP contribution in [0.15, 0.2) is 72.2 Å². The van der Waals surface area contributed by atoms with Crippen LogP contribution < -0.4 is 26.4 Å². The second-order valence-corrected chi connectivity index (χ2v) is 13.4. The smallest absolute Gasteiger partial charge is 0.274 e. The van der Waals surface area contributed by atoms with E-state index in [0.29, 0.717) is 17.1 Å². The van der Waals surface area contributed by atoms with Gasteiger partial charge in [-0.2, -0.15) is 0 Å². The summed E-state index contributed by atoms with van der Waals surface area (Å²) in [6.07, 6.45) is 7.52. The van der Waals surface area contributed by atoms with E-state index in [1.54, 1.807) is 23.0 Å². The van der Waals surface area contributed by atoms with Crippen LogP contribution in [0.1, 0.15) is 45.4 Å². The summed E-state index contributed by atoms with van der Waals surface area (Å²) in [5.74, 6) is -0.392. The molecule has 9 nitrogen and oxygen atoms in total. The molecule has 1 aliphatic carbocycles. The number of benzene rings is 2. The Kier molecular flexibility index (Phi) is 9.60. The molecule has 0 radical (unpaired) electrons. The highest BCUT2D eigenvalue weighted by Gasteiger charge is 2.21. The Morgan fingerprint density at radius 1 is 0.957 bits per heavy atom. The number of hydrogen-bond acceptors (Lipinski definition) is 7. The maximum Gasteiger partial charge on any atom is 0.274 e. The fraction of sp³-hybridized carbons (Fsp3) is 0.324. The Morgan fingerprint density at radius 3 is 2.49 bits per heavy atom. The van der Waals surface area contributed by atoms with Gasteiger partial charge in [-0.25, -0.2) is 0 Å². The fourth-order valence-electron chi connectivity index (χ4n) is 6.45. The zero-order chi connectivity index (χ0) is 33.1. The first-order valence-electron chi connectivity index (χ1n) is 16.3. The van der Waals surface area contributed by atoms with Gasteiger partial charge in [-0.1, -0.05) is 25.6 Å². The molecular weight excluding hydrogens is 609 g/mol. The number of carbonyl (C=O) groups is 2.